The van der Waals surface area contributed by atoms with Crippen LogP contribution in [0.25, 0.3) is 6.08 Å². The number of hydrogen-bond donors (Lipinski definition) is 0. The first-order chi connectivity index (χ1) is 17.4. The topological polar surface area (TPSA) is 88.1 Å². The summed E-state index contributed by atoms with van der Waals surface area (Å²) in [5.74, 6) is -0.536. The summed E-state index contributed by atoms with van der Waals surface area (Å²) in [5, 5.41) is 0. The lowest BCUT2D eigenvalue weighted by Gasteiger charge is -2.08. The first-order valence-electron chi connectivity index (χ1n) is 11.1. The minimum atomic E-state index is -0.585. The summed E-state index contributed by atoms with van der Waals surface area (Å²) >= 11 is 0. The summed E-state index contributed by atoms with van der Waals surface area (Å²) in [6.07, 6.45) is 8.95. The van der Waals surface area contributed by atoms with Gasteiger partial charge in [0, 0.05) is 18.6 Å². The average molecular weight is 489 g/mol. The van der Waals surface area contributed by atoms with Gasteiger partial charge in [-0.2, -0.15) is 0 Å². The Labute approximate surface area is 210 Å². The van der Waals surface area contributed by atoms with E-state index in [4.69, 9.17) is 18.9 Å². The minimum Gasteiger partial charge on any atom is -0.493 e. The van der Waals surface area contributed by atoms with Crippen LogP contribution in [0.1, 0.15) is 29.3 Å². The quantitative estimate of drug-likeness (QED) is 0.0909. The third-order valence-corrected chi connectivity index (χ3v) is 4.43. The fourth-order valence-corrected chi connectivity index (χ4v) is 2.63. The molecule has 0 unspecified atom stereocenters. The molecule has 2 aromatic carbocycles. The molecule has 0 saturated heterocycles. The van der Waals surface area contributed by atoms with Gasteiger partial charge >= 0.3 is 17.9 Å². The maximum absolute atomic E-state index is 12.4. The number of benzene rings is 2. The van der Waals surface area contributed by atoms with Gasteiger partial charge in [0.25, 0.3) is 0 Å². The summed E-state index contributed by atoms with van der Waals surface area (Å²) in [6.45, 7) is 9.13. The van der Waals surface area contributed by atoms with Gasteiger partial charge in [0.05, 0.1) is 18.8 Å². The van der Waals surface area contributed by atoms with Crippen molar-refractivity contribution in [3.63, 3.8) is 0 Å². The van der Waals surface area contributed by atoms with Gasteiger partial charge in [-0.15, -0.1) is 0 Å². The van der Waals surface area contributed by atoms with Gasteiger partial charge in [-0.05, 0) is 61.1 Å². The first kappa shape index (κ1) is 27.6. The fraction of sp³-hybridized carbons (Fsp3) is 0.138. The largest absolute Gasteiger partial charge is 0.493 e. The Bertz CT molecular complexity index is 1140. The molecule has 7 nitrogen and oxygen atoms in total. The van der Waals surface area contributed by atoms with Crippen molar-refractivity contribution in [1.82, 2.24) is 0 Å². The molecule has 0 aromatic heterocycles. The highest BCUT2D eigenvalue weighted by Crippen LogP contribution is 2.15. The molecule has 0 aliphatic carbocycles. The van der Waals surface area contributed by atoms with E-state index in [-0.39, 0.29) is 12.4 Å². The number of hydrogen-bond acceptors (Lipinski definition) is 7. The lowest BCUT2D eigenvalue weighted by molar-refractivity contribution is -0.138. The predicted molar refractivity (Wildman–Crippen MR) is 137 cm³/mol. The van der Waals surface area contributed by atoms with Gasteiger partial charge in [-0.25, -0.2) is 14.4 Å². The molecule has 0 radical (unpaired) electrons. The van der Waals surface area contributed by atoms with Crippen LogP contribution in [0.4, 0.5) is 0 Å². The highest BCUT2D eigenvalue weighted by atomic mass is 16.5. The monoisotopic (exact) mass is 488 g/mol. The Balaban J connectivity index is 1.84. The number of esters is 3. The Morgan fingerprint density at radius 2 is 1.56 bits per heavy atom. The molecule has 0 saturated carbocycles. The molecule has 0 N–H and O–H groups in total. The molecule has 0 heterocycles. The number of allylic oxidation sites excluding steroid dienone is 4. The second-order valence-corrected chi connectivity index (χ2v) is 7.20. The van der Waals surface area contributed by atoms with Crippen LogP contribution in [-0.2, 0) is 23.8 Å². The standard InChI is InChI=1S/C29H28O7/c1-4-25(16-12-22(3)35-28(31)19-13-23-10-7-6-8-11-23)36-29(32)24-14-17-26(18-15-24)33-20-9-21-34-27(30)5-2/h4-8,10-19H,1-2,9,20-21H2,3H3/b19-13+,22-12+,25-16+. The van der Waals surface area contributed by atoms with Crippen molar-refractivity contribution >= 4 is 24.0 Å². The molecule has 0 spiro atoms. The summed E-state index contributed by atoms with van der Waals surface area (Å²) in [4.78, 5) is 35.4. The van der Waals surface area contributed by atoms with Crippen molar-refractivity contribution in [1.29, 1.82) is 0 Å². The zero-order valence-electron chi connectivity index (χ0n) is 20.1. The third-order valence-electron chi connectivity index (χ3n) is 4.43. The van der Waals surface area contributed by atoms with Gasteiger partial charge in [-0.3, -0.25) is 0 Å². The van der Waals surface area contributed by atoms with E-state index in [1.165, 1.54) is 24.3 Å². The molecule has 0 aliphatic rings. The van der Waals surface area contributed by atoms with Crippen LogP contribution in [0.3, 0.4) is 0 Å². The van der Waals surface area contributed by atoms with E-state index >= 15 is 0 Å². The van der Waals surface area contributed by atoms with Crippen molar-refractivity contribution in [2.45, 2.75) is 13.3 Å². The Morgan fingerprint density at radius 1 is 0.833 bits per heavy atom. The van der Waals surface area contributed by atoms with Gasteiger partial charge in [0.15, 0.2) is 0 Å². The number of carbonyl (C=O) groups excluding carboxylic acids is 3. The van der Waals surface area contributed by atoms with E-state index in [2.05, 4.69) is 13.2 Å². The van der Waals surface area contributed by atoms with Crippen LogP contribution in [0.2, 0.25) is 0 Å². The zero-order chi connectivity index (χ0) is 26.2. The molecule has 0 amide bonds. The molecule has 0 fully saturated rings. The van der Waals surface area contributed by atoms with Crippen molar-refractivity contribution in [2.24, 2.45) is 0 Å². The number of rotatable bonds is 13. The molecule has 0 atom stereocenters. The van der Waals surface area contributed by atoms with Crippen molar-refractivity contribution < 1.29 is 33.3 Å². The van der Waals surface area contributed by atoms with Gasteiger partial charge in [-0.1, -0.05) is 43.5 Å². The molecular weight excluding hydrogens is 460 g/mol. The van der Waals surface area contributed by atoms with Crippen molar-refractivity contribution in [2.75, 3.05) is 13.2 Å². The van der Waals surface area contributed by atoms with E-state index < -0.39 is 17.9 Å². The van der Waals surface area contributed by atoms with Crippen LogP contribution >= 0.6 is 0 Å². The van der Waals surface area contributed by atoms with Crippen LogP contribution in [0.15, 0.2) is 110 Å². The van der Waals surface area contributed by atoms with Crippen LogP contribution in [-0.4, -0.2) is 31.1 Å². The molecule has 2 aromatic rings. The van der Waals surface area contributed by atoms with Gasteiger partial charge in [0.1, 0.15) is 17.3 Å². The normalized spacial score (nSPS) is 11.5. The Hall–Kier alpha value is -4.65. The average Bonchev–Trinajstić information content (AvgIpc) is 2.90. The smallest absolute Gasteiger partial charge is 0.343 e. The molecule has 186 valence electrons. The lowest BCUT2D eigenvalue weighted by atomic mass is 10.2. The molecule has 7 heteroatoms. The molecule has 36 heavy (non-hydrogen) atoms. The van der Waals surface area contributed by atoms with E-state index in [9.17, 15) is 14.4 Å². The van der Waals surface area contributed by atoms with E-state index in [1.807, 2.05) is 30.3 Å². The van der Waals surface area contributed by atoms with Gasteiger partial charge < -0.3 is 18.9 Å². The van der Waals surface area contributed by atoms with E-state index in [0.29, 0.717) is 30.1 Å². The van der Waals surface area contributed by atoms with Crippen LogP contribution < -0.4 is 4.74 Å². The molecule has 0 aliphatic heterocycles. The van der Waals surface area contributed by atoms with Crippen LogP contribution in [0, 0.1) is 0 Å². The summed E-state index contributed by atoms with van der Waals surface area (Å²) in [6, 6.07) is 15.8. The summed E-state index contributed by atoms with van der Waals surface area (Å²) < 4.78 is 21.0. The summed E-state index contributed by atoms with van der Waals surface area (Å²) in [5.41, 5.74) is 1.19. The minimum absolute atomic E-state index is 0.185. The van der Waals surface area contributed by atoms with E-state index in [0.717, 1.165) is 11.6 Å². The predicted octanol–water partition coefficient (Wildman–Crippen LogP) is 5.57. The van der Waals surface area contributed by atoms with Gasteiger partial charge in [0.2, 0.25) is 0 Å². The molecule has 0 bridgehead atoms. The first-order valence-corrected chi connectivity index (χ1v) is 11.1. The maximum atomic E-state index is 12.4. The molecule has 2 rings (SSSR count). The highest BCUT2D eigenvalue weighted by Gasteiger charge is 2.09. The van der Waals surface area contributed by atoms with Crippen LogP contribution in [0.5, 0.6) is 5.75 Å². The number of ether oxygens (including phenoxy) is 4. The second kappa shape index (κ2) is 15.3. The maximum Gasteiger partial charge on any atom is 0.343 e. The second-order valence-electron chi connectivity index (χ2n) is 7.20. The third kappa shape index (κ3) is 10.5. The van der Waals surface area contributed by atoms with Crippen molar-refractivity contribution in [3.8, 4) is 5.75 Å². The Kier molecular flexibility index (Phi) is 11.7. The summed E-state index contributed by atoms with van der Waals surface area (Å²) in [7, 11) is 0. The fourth-order valence-electron chi connectivity index (χ4n) is 2.63. The Morgan fingerprint density at radius 3 is 2.22 bits per heavy atom. The number of carbonyl (C=O) groups is 3. The van der Waals surface area contributed by atoms with E-state index in [1.54, 1.807) is 37.3 Å². The zero-order valence-corrected chi connectivity index (χ0v) is 20.1. The van der Waals surface area contributed by atoms with Crippen molar-refractivity contribution in [3.05, 3.63) is 121 Å². The molecular formula is C29H28O7. The lowest BCUT2D eigenvalue weighted by Crippen LogP contribution is -2.07. The SMILES string of the molecule is C=CC(=O)OCCCOc1ccc(C(=O)O/C(C=C)=C/C=C(\C)OC(=O)/C=C/c2ccccc2)cc1. The highest BCUT2D eigenvalue weighted by molar-refractivity contribution is 5.90.